The van der Waals surface area contributed by atoms with E-state index in [0.717, 1.165) is 13.0 Å². The third-order valence-corrected chi connectivity index (χ3v) is 5.02. The number of aryl methyl sites for hydroxylation is 1. The lowest BCUT2D eigenvalue weighted by Crippen LogP contribution is -2.31. The fourth-order valence-corrected chi connectivity index (χ4v) is 3.36. The summed E-state index contributed by atoms with van der Waals surface area (Å²) >= 11 is 0. The van der Waals surface area contributed by atoms with Crippen molar-refractivity contribution in [3.63, 3.8) is 0 Å². The van der Waals surface area contributed by atoms with E-state index < -0.39 is 0 Å². The van der Waals surface area contributed by atoms with E-state index in [2.05, 4.69) is 38.1 Å². The van der Waals surface area contributed by atoms with Gasteiger partial charge in [0.25, 0.3) is 0 Å². The molecule has 1 fully saturated rings. The number of unbranched alkanes of at least 4 members (excludes halogenated alkanes) is 6. The summed E-state index contributed by atoms with van der Waals surface area (Å²) in [6, 6.07) is 8.96. The molecule has 0 spiro atoms. The van der Waals surface area contributed by atoms with Crippen LogP contribution in [0, 0.1) is 0 Å². The lowest BCUT2D eigenvalue weighted by atomic mass is 10.0. The summed E-state index contributed by atoms with van der Waals surface area (Å²) < 4.78 is 12.1. The van der Waals surface area contributed by atoms with Crippen molar-refractivity contribution in [2.24, 2.45) is 0 Å². The van der Waals surface area contributed by atoms with Crippen molar-refractivity contribution in [1.82, 2.24) is 0 Å². The highest BCUT2D eigenvalue weighted by Gasteiger charge is 2.23. The zero-order chi connectivity index (χ0) is 17.0. The minimum atomic E-state index is 0.117. The summed E-state index contributed by atoms with van der Waals surface area (Å²) in [7, 11) is 0. The zero-order valence-electron chi connectivity index (χ0n) is 15.8. The molecule has 0 bridgehead atoms. The summed E-state index contributed by atoms with van der Waals surface area (Å²) in [5.41, 5.74) is 2.70. The molecule has 1 heterocycles. The highest BCUT2D eigenvalue weighted by molar-refractivity contribution is 5.24. The molecule has 1 aromatic rings. The van der Waals surface area contributed by atoms with Gasteiger partial charge in [-0.3, -0.25) is 0 Å². The molecule has 136 valence electrons. The van der Waals surface area contributed by atoms with Gasteiger partial charge in [-0.05, 0) is 30.4 Å². The maximum Gasteiger partial charge on any atom is 0.106 e. The Kier molecular flexibility index (Phi) is 9.45. The van der Waals surface area contributed by atoms with Gasteiger partial charge in [-0.2, -0.15) is 0 Å². The third-order valence-electron chi connectivity index (χ3n) is 5.02. The summed E-state index contributed by atoms with van der Waals surface area (Å²) in [5.74, 6) is 0. The van der Waals surface area contributed by atoms with Crippen LogP contribution in [-0.2, 0) is 15.9 Å². The lowest BCUT2D eigenvalue weighted by Gasteiger charge is -2.30. The van der Waals surface area contributed by atoms with Gasteiger partial charge in [0, 0.05) is 0 Å². The van der Waals surface area contributed by atoms with Crippen molar-refractivity contribution < 1.29 is 9.47 Å². The van der Waals surface area contributed by atoms with Crippen molar-refractivity contribution in [1.29, 1.82) is 0 Å². The number of hydrogen-bond donors (Lipinski definition) is 0. The van der Waals surface area contributed by atoms with Crippen molar-refractivity contribution in [2.45, 2.75) is 90.3 Å². The second kappa shape index (κ2) is 11.7. The van der Waals surface area contributed by atoms with Crippen LogP contribution in [0.15, 0.2) is 24.3 Å². The fourth-order valence-electron chi connectivity index (χ4n) is 3.36. The topological polar surface area (TPSA) is 18.5 Å². The third kappa shape index (κ3) is 6.94. The SMILES string of the molecule is CCCCCCC[C@H]1CO[C@H](c2ccc(CCCCC)cc2)CO1. The number of benzene rings is 1. The molecule has 0 N–H and O–H groups in total. The molecule has 1 aromatic carbocycles. The molecule has 0 radical (unpaired) electrons. The van der Waals surface area contributed by atoms with Gasteiger partial charge in [-0.25, -0.2) is 0 Å². The van der Waals surface area contributed by atoms with E-state index in [1.54, 1.807) is 0 Å². The van der Waals surface area contributed by atoms with Crippen LogP contribution < -0.4 is 0 Å². The van der Waals surface area contributed by atoms with Crippen LogP contribution in [0.4, 0.5) is 0 Å². The van der Waals surface area contributed by atoms with Crippen molar-refractivity contribution in [3.05, 3.63) is 35.4 Å². The smallest absolute Gasteiger partial charge is 0.106 e. The van der Waals surface area contributed by atoms with E-state index >= 15 is 0 Å². The normalized spacial score (nSPS) is 21.1. The predicted octanol–water partition coefficient (Wildman–Crippen LogP) is 6.24. The van der Waals surface area contributed by atoms with Gasteiger partial charge in [0.1, 0.15) is 6.10 Å². The van der Waals surface area contributed by atoms with Crippen LogP contribution in [0.25, 0.3) is 0 Å². The lowest BCUT2D eigenvalue weighted by molar-refractivity contribution is -0.137. The first-order chi connectivity index (χ1) is 11.8. The summed E-state index contributed by atoms with van der Waals surface area (Å²) in [4.78, 5) is 0. The van der Waals surface area contributed by atoms with Crippen molar-refractivity contribution >= 4 is 0 Å². The minimum absolute atomic E-state index is 0.117. The Morgan fingerprint density at radius 1 is 0.792 bits per heavy atom. The Balaban J connectivity index is 1.66. The number of ether oxygens (including phenoxy) is 2. The molecule has 0 unspecified atom stereocenters. The molecule has 1 aliphatic rings. The average molecular weight is 333 g/mol. The quantitative estimate of drug-likeness (QED) is 0.447. The molecule has 0 saturated carbocycles. The number of rotatable bonds is 11. The van der Waals surface area contributed by atoms with E-state index in [4.69, 9.17) is 9.47 Å². The molecule has 24 heavy (non-hydrogen) atoms. The van der Waals surface area contributed by atoms with E-state index in [1.165, 1.54) is 68.9 Å². The monoisotopic (exact) mass is 332 g/mol. The summed E-state index contributed by atoms with van der Waals surface area (Å²) in [6.45, 7) is 5.96. The Morgan fingerprint density at radius 3 is 2.17 bits per heavy atom. The Labute approximate surface area is 148 Å². The Morgan fingerprint density at radius 2 is 1.50 bits per heavy atom. The maximum absolute atomic E-state index is 6.07. The summed E-state index contributed by atoms with van der Waals surface area (Å²) in [6.07, 6.45) is 13.3. The van der Waals surface area contributed by atoms with Crippen LogP contribution in [0.1, 0.15) is 88.9 Å². The maximum atomic E-state index is 6.07. The molecule has 1 aliphatic heterocycles. The van der Waals surface area contributed by atoms with Gasteiger partial charge < -0.3 is 9.47 Å². The Hall–Kier alpha value is -0.860. The van der Waals surface area contributed by atoms with E-state index in [0.29, 0.717) is 12.7 Å². The van der Waals surface area contributed by atoms with Gasteiger partial charge in [0.15, 0.2) is 0 Å². The first-order valence-electron chi connectivity index (χ1n) is 10.2. The zero-order valence-corrected chi connectivity index (χ0v) is 15.8. The van der Waals surface area contributed by atoms with Gasteiger partial charge in [-0.15, -0.1) is 0 Å². The highest BCUT2D eigenvalue weighted by Crippen LogP contribution is 2.25. The minimum Gasteiger partial charge on any atom is -0.373 e. The van der Waals surface area contributed by atoms with E-state index in [-0.39, 0.29) is 6.10 Å². The van der Waals surface area contributed by atoms with Crippen LogP contribution in [0.3, 0.4) is 0 Å². The molecular weight excluding hydrogens is 296 g/mol. The van der Waals surface area contributed by atoms with Gasteiger partial charge >= 0.3 is 0 Å². The Bertz CT molecular complexity index is 418. The predicted molar refractivity (Wildman–Crippen MR) is 101 cm³/mol. The highest BCUT2D eigenvalue weighted by atomic mass is 16.6. The molecular formula is C22H36O2. The fraction of sp³-hybridized carbons (Fsp3) is 0.727. The molecule has 0 aromatic heterocycles. The molecule has 0 aliphatic carbocycles. The van der Waals surface area contributed by atoms with Crippen LogP contribution in [0.5, 0.6) is 0 Å². The van der Waals surface area contributed by atoms with Gasteiger partial charge in [0.05, 0.1) is 19.3 Å². The van der Waals surface area contributed by atoms with E-state index in [9.17, 15) is 0 Å². The van der Waals surface area contributed by atoms with Crippen LogP contribution in [-0.4, -0.2) is 19.3 Å². The van der Waals surface area contributed by atoms with E-state index in [1.807, 2.05) is 0 Å². The van der Waals surface area contributed by atoms with Crippen LogP contribution >= 0.6 is 0 Å². The van der Waals surface area contributed by atoms with Gasteiger partial charge in [-0.1, -0.05) is 83.1 Å². The molecule has 2 heteroatoms. The average Bonchev–Trinajstić information content (AvgIpc) is 2.63. The number of hydrogen-bond acceptors (Lipinski definition) is 2. The molecule has 2 atom stereocenters. The largest absolute Gasteiger partial charge is 0.373 e. The second-order valence-corrected chi connectivity index (χ2v) is 7.18. The molecule has 1 saturated heterocycles. The standard InChI is InChI=1S/C22H36O2/c1-3-5-7-8-10-12-21-17-24-22(18-23-21)20-15-13-19(14-16-20)11-9-6-4-2/h13-16,21-22H,3-12,17-18H2,1-2H3/t21-,22-/m0/s1. The second-order valence-electron chi connectivity index (χ2n) is 7.18. The molecule has 0 amide bonds. The summed E-state index contributed by atoms with van der Waals surface area (Å²) in [5, 5.41) is 0. The molecule has 2 rings (SSSR count). The van der Waals surface area contributed by atoms with Crippen molar-refractivity contribution in [3.8, 4) is 0 Å². The first-order valence-corrected chi connectivity index (χ1v) is 10.2. The van der Waals surface area contributed by atoms with Crippen LogP contribution in [0.2, 0.25) is 0 Å². The first kappa shape index (κ1) is 19.5. The molecule has 2 nitrogen and oxygen atoms in total. The van der Waals surface area contributed by atoms with Crippen molar-refractivity contribution in [2.75, 3.05) is 13.2 Å². The van der Waals surface area contributed by atoms with Gasteiger partial charge in [0.2, 0.25) is 0 Å².